The first-order valence-corrected chi connectivity index (χ1v) is 9.28. The van der Waals surface area contributed by atoms with Gasteiger partial charge in [-0.05, 0) is 55.2 Å². The van der Waals surface area contributed by atoms with E-state index in [-0.39, 0.29) is 0 Å². The second-order valence-corrected chi connectivity index (χ2v) is 6.49. The van der Waals surface area contributed by atoms with Crippen molar-refractivity contribution in [2.45, 2.75) is 26.8 Å². The summed E-state index contributed by atoms with van der Waals surface area (Å²) in [5, 5.41) is 16.9. The van der Waals surface area contributed by atoms with Gasteiger partial charge in [-0.15, -0.1) is 0 Å². The van der Waals surface area contributed by atoms with Crippen LogP contribution in [-0.4, -0.2) is 24.0 Å². The van der Waals surface area contributed by atoms with Gasteiger partial charge in [-0.1, -0.05) is 24.3 Å². The molecule has 0 saturated heterocycles. The molecule has 0 aliphatic heterocycles. The number of hydrogen-bond acceptors (Lipinski definition) is 2. The average molecular weight is 359 g/mol. The van der Waals surface area contributed by atoms with E-state index in [1.54, 1.807) is 0 Å². The zero-order valence-corrected chi connectivity index (χ0v) is 15.8. The lowest BCUT2D eigenvalue weighted by Gasteiger charge is -2.11. The zero-order valence-electron chi connectivity index (χ0n) is 15.8. The quantitative estimate of drug-likeness (QED) is 0.464. The number of aryl methyl sites for hydroxylation is 1. The van der Waals surface area contributed by atoms with Crippen LogP contribution in [0.4, 0.5) is 0 Å². The highest BCUT2D eigenvalue weighted by molar-refractivity contribution is 5.86. The van der Waals surface area contributed by atoms with Crippen LogP contribution in [0, 0.1) is 18.3 Å². The number of nitriles is 1. The number of rotatable bonds is 6. The van der Waals surface area contributed by atoms with Gasteiger partial charge in [0.15, 0.2) is 5.96 Å². The van der Waals surface area contributed by atoms with Gasteiger partial charge in [0.25, 0.3) is 0 Å². The minimum absolute atomic E-state index is 0.577. The molecule has 0 fully saturated rings. The topological polar surface area (TPSA) is 76.0 Å². The fourth-order valence-corrected chi connectivity index (χ4v) is 3.16. The maximum absolute atomic E-state index is 8.88. The third-order valence-corrected chi connectivity index (χ3v) is 4.53. The molecular formula is C22H25N5. The molecule has 0 unspecified atom stereocenters. The number of aliphatic imine (C=N–C) groups is 1. The first-order chi connectivity index (χ1) is 13.2. The van der Waals surface area contributed by atoms with Crippen molar-refractivity contribution in [1.82, 2.24) is 15.6 Å². The van der Waals surface area contributed by atoms with E-state index in [2.05, 4.69) is 64.9 Å². The highest BCUT2D eigenvalue weighted by atomic mass is 15.2. The summed E-state index contributed by atoms with van der Waals surface area (Å²) in [6.07, 6.45) is 3.02. The van der Waals surface area contributed by atoms with Crippen LogP contribution in [-0.2, 0) is 13.0 Å². The SMILES string of the molecule is CCNC(=NCc1ccc(C#N)cc1)NCCc1c[nH]c2cccc(C)c12. The molecule has 0 aliphatic rings. The number of hydrogen-bond donors (Lipinski definition) is 3. The van der Waals surface area contributed by atoms with Crippen molar-refractivity contribution in [3.63, 3.8) is 0 Å². The minimum Gasteiger partial charge on any atom is -0.361 e. The molecule has 1 aromatic heterocycles. The summed E-state index contributed by atoms with van der Waals surface area (Å²) in [6.45, 7) is 6.40. The molecule has 5 nitrogen and oxygen atoms in total. The molecule has 0 saturated carbocycles. The molecule has 3 aromatic rings. The Hall–Kier alpha value is -3.26. The summed E-state index contributed by atoms with van der Waals surface area (Å²) in [6, 6.07) is 16.0. The van der Waals surface area contributed by atoms with Gasteiger partial charge in [0, 0.05) is 30.2 Å². The standard InChI is InChI=1S/C22H25N5/c1-3-24-22(27-14-18-9-7-17(13-23)8-10-18)25-12-11-19-15-26-20-6-4-5-16(2)21(19)20/h4-10,15,26H,3,11-12,14H2,1-2H3,(H2,24,25,27). The van der Waals surface area contributed by atoms with Crippen molar-refractivity contribution >= 4 is 16.9 Å². The second kappa shape index (κ2) is 8.91. The fourth-order valence-electron chi connectivity index (χ4n) is 3.16. The molecule has 0 spiro atoms. The van der Waals surface area contributed by atoms with Gasteiger partial charge in [0.1, 0.15) is 0 Å². The van der Waals surface area contributed by atoms with Gasteiger partial charge in [0.2, 0.25) is 0 Å². The van der Waals surface area contributed by atoms with Crippen molar-refractivity contribution in [2.75, 3.05) is 13.1 Å². The van der Waals surface area contributed by atoms with E-state index in [0.717, 1.165) is 31.0 Å². The van der Waals surface area contributed by atoms with Crippen LogP contribution < -0.4 is 10.6 Å². The number of aromatic nitrogens is 1. The molecule has 1 heterocycles. The van der Waals surface area contributed by atoms with Crippen molar-refractivity contribution in [3.8, 4) is 6.07 Å². The summed E-state index contributed by atoms with van der Waals surface area (Å²) in [5.41, 5.74) is 5.55. The summed E-state index contributed by atoms with van der Waals surface area (Å²) in [5.74, 6) is 0.804. The lowest BCUT2D eigenvalue weighted by Crippen LogP contribution is -2.38. The number of nitrogens with zero attached hydrogens (tertiary/aromatic N) is 2. The Bertz CT molecular complexity index is 961. The predicted molar refractivity (Wildman–Crippen MR) is 111 cm³/mol. The highest BCUT2D eigenvalue weighted by Gasteiger charge is 2.06. The second-order valence-electron chi connectivity index (χ2n) is 6.49. The lowest BCUT2D eigenvalue weighted by atomic mass is 10.1. The largest absolute Gasteiger partial charge is 0.361 e. The molecule has 3 rings (SSSR count). The third kappa shape index (κ3) is 4.68. The smallest absolute Gasteiger partial charge is 0.191 e. The van der Waals surface area contributed by atoms with Crippen LogP contribution >= 0.6 is 0 Å². The van der Waals surface area contributed by atoms with E-state index < -0.39 is 0 Å². The van der Waals surface area contributed by atoms with Gasteiger partial charge in [-0.2, -0.15) is 5.26 Å². The van der Waals surface area contributed by atoms with Crippen LogP contribution in [0.1, 0.15) is 29.2 Å². The molecule has 0 aliphatic carbocycles. The Morgan fingerprint density at radius 3 is 2.70 bits per heavy atom. The van der Waals surface area contributed by atoms with E-state index >= 15 is 0 Å². The van der Waals surface area contributed by atoms with E-state index in [1.807, 2.05) is 24.3 Å². The number of benzene rings is 2. The summed E-state index contributed by atoms with van der Waals surface area (Å²) < 4.78 is 0. The number of fused-ring (bicyclic) bond motifs is 1. The first-order valence-electron chi connectivity index (χ1n) is 9.28. The van der Waals surface area contributed by atoms with E-state index in [4.69, 9.17) is 5.26 Å². The van der Waals surface area contributed by atoms with Crippen LogP contribution in [0.15, 0.2) is 53.7 Å². The summed E-state index contributed by atoms with van der Waals surface area (Å²) in [4.78, 5) is 7.99. The zero-order chi connectivity index (χ0) is 19.1. The van der Waals surface area contributed by atoms with Gasteiger partial charge < -0.3 is 15.6 Å². The number of nitrogens with one attached hydrogen (secondary N) is 3. The first kappa shape index (κ1) is 18.5. The maximum Gasteiger partial charge on any atom is 0.191 e. The number of H-pyrrole nitrogens is 1. The molecule has 0 amide bonds. The predicted octanol–water partition coefficient (Wildman–Crippen LogP) is 3.65. The van der Waals surface area contributed by atoms with Crippen molar-refractivity contribution in [3.05, 3.63) is 70.9 Å². The fraction of sp³-hybridized carbons (Fsp3) is 0.273. The Morgan fingerprint density at radius 2 is 1.96 bits per heavy atom. The van der Waals surface area contributed by atoms with Crippen LogP contribution in [0.2, 0.25) is 0 Å². The minimum atomic E-state index is 0.577. The van der Waals surface area contributed by atoms with Gasteiger partial charge in [-0.25, -0.2) is 4.99 Å². The van der Waals surface area contributed by atoms with Crippen molar-refractivity contribution in [1.29, 1.82) is 5.26 Å². The average Bonchev–Trinajstić information content (AvgIpc) is 3.11. The molecule has 138 valence electrons. The lowest BCUT2D eigenvalue weighted by molar-refractivity contribution is 0.801. The van der Waals surface area contributed by atoms with Gasteiger partial charge >= 0.3 is 0 Å². The molecular weight excluding hydrogens is 334 g/mol. The number of guanidine groups is 1. The monoisotopic (exact) mass is 359 g/mol. The highest BCUT2D eigenvalue weighted by Crippen LogP contribution is 2.22. The van der Waals surface area contributed by atoms with Crippen molar-refractivity contribution < 1.29 is 0 Å². The Kier molecular flexibility index (Phi) is 6.11. The summed E-state index contributed by atoms with van der Waals surface area (Å²) >= 11 is 0. The Balaban J connectivity index is 1.61. The normalized spacial score (nSPS) is 11.4. The molecule has 5 heteroatoms. The third-order valence-electron chi connectivity index (χ3n) is 4.53. The molecule has 2 aromatic carbocycles. The van der Waals surface area contributed by atoms with E-state index in [0.29, 0.717) is 12.1 Å². The molecule has 0 bridgehead atoms. The van der Waals surface area contributed by atoms with Crippen LogP contribution in [0.25, 0.3) is 10.9 Å². The maximum atomic E-state index is 8.88. The molecule has 0 atom stereocenters. The number of aromatic amines is 1. The summed E-state index contributed by atoms with van der Waals surface area (Å²) in [7, 11) is 0. The van der Waals surface area contributed by atoms with Crippen LogP contribution in [0.5, 0.6) is 0 Å². The van der Waals surface area contributed by atoms with E-state index in [9.17, 15) is 0 Å². The molecule has 27 heavy (non-hydrogen) atoms. The van der Waals surface area contributed by atoms with Gasteiger partial charge in [-0.3, -0.25) is 0 Å². The Labute approximate surface area is 160 Å². The van der Waals surface area contributed by atoms with E-state index in [1.165, 1.54) is 22.0 Å². The molecule has 3 N–H and O–H groups in total. The molecule has 0 radical (unpaired) electrons. The van der Waals surface area contributed by atoms with Crippen molar-refractivity contribution in [2.24, 2.45) is 4.99 Å². The van der Waals surface area contributed by atoms with Gasteiger partial charge in [0.05, 0.1) is 18.2 Å². The Morgan fingerprint density at radius 1 is 1.15 bits per heavy atom. The van der Waals surface area contributed by atoms with Crippen LogP contribution in [0.3, 0.4) is 0 Å².